The first-order valence-electron chi connectivity index (χ1n) is 6.11. The van der Waals surface area contributed by atoms with E-state index in [0.29, 0.717) is 6.04 Å². The highest BCUT2D eigenvalue weighted by atomic mass is 15.2. The van der Waals surface area contributed by atoms with Crippen LogP contribution in [0.5, 0.6) is 0 Å². The predicted molar refractivity (Wildman–Crippen MR) is 77.9 cm³/mol. The van der Waals surface area contributed by atoms with E-state index in [1.165, 1.54) is 11.4 Å². The Morgan fingerprint density at radius 2 is 1.88 bits per heavy atom. The van der Waals surface area contributed by atoms with Crippen molar-refractivity contribution in [3.8, 4) is 0 Å². The molecule has 1 aromatic carbocycles. The highest BCUT2D eigenvalue weighted by Gasteiger charge is 2.21. The molecule has 1 rings (SSSR count). The Balaban J connectivity index is 3.08. The van der Waals surface area contributed by atoms with Crippen LogP contribution in [0, 0.1) is 0 Å². The Kier molecular flexibility index (Phi) is 4.22. The van der Waals surface area contributed by atoms with Crippen LogP contribution < -0.4 is 10.2 Å². The second kappa shape index (κ2) is 5.26. The molecule has 0 aliphatic rings. The van der Waals surface area contributed by atoms with Crippen molar-refractivity contribution in [1.29, 1.82) is 0 Å². The van der Waals surface area contributed by atoms with E-state index in [-0.39, 0.29) is 5.54 Å². The van der Waals surface area contributed by atoms with Gasteiger partial charge in [0.1, 0.15) is 0 Å². The van der Waals surface area contributed by atoms with E-state index in [1.54, 1.807) is 0 Å². The molecule has 0 unspecified atom stereocenters. The summed E-state index contributed by atoms with van der Waals surface area (Å²) in [6.45, 7) is 12.5. The van der Waals surface area contributed by atoms with Crippen LogP contribution >= 0.6 is 0 Å². The van der Waals surface area contributed by atoms with Crippen molar-refractivity contribution in [3.05, 3.63) is 36.9 Å². The first-order valence-corrected chi connectivity index (χ1v) is 6.11. The summed E-state index contributed by atoms with van der Waals surface area (Å²) in [5.74, 6) is 0. The minimum atomic E-state index is -0.0608. The number of nitrogens with zero attached hydrogens (tertiary/aromatic N) is 1. The third-order valence-corrected chi connectivity index (χ3v) is 3.07. The Morgan fingerprint density at radius 1 is 1.29 bits per heavy atom. The first-order chi connectivity index (χ1) is 7.88. The molecule has 1 N–H and O–H groups in total. The molecule has 0 aliphatic carbocycles. The van der Waals surface area contributed by atoms with E-state index >= 15 is 0 Å². The number of anilines is 2. The highest BCUT2D eigenvalue weighted by molar-refractivity contribution is 5.71. The lowest BCUT2D eigenvalue weighted by Gasteiger charge is -2.36. The number of rotatable bonds is 5. The zero-order valence-electron chi connectivity index (χ0n) is 11.6. The third kappa shape index (κ3) is 3.26. The number of para-hydroxylation sites is 2. The minimum absolute atomic E-state index is 0.0608. The fourth-order valence-electron chi connectivity index (χ4n) is 1.65. The van der Waals surface area contributed by atoms with Crippen molar-refractivity contribution in [2.75, 3.05) is 17.3 Å². The van der Waals surface area contributed by atoms with E-state index in [2.05, 4.69) is 75.8 Å². The fraction of sp³-hybridized carbons (Fsp3) is 0.467. The third-order valence-electron chi connectivity index (χ3n) is 3.07. The summed E-state index contributed by atoms with van der Waals surface area (Å²) in [5, 5.41) is 3.47. The maximum atomic E-state index is 3.91. The monoisotopic (exact) mass is 232 g/mol. The normalized spacial score (nSPS) is 11.4. The van der Waals surface area contributed by atoms with Gasteiger partial charge in [-0.05, 0) is 39.8 Å². The Bertz CT molecular complexity index is 380. The molecule has 2 nitrogen and oxygen atoms in total. The summed E-state index contributed by atoms with van der Waals surface area (Å²) >= 11 is 0. The van der Waals surface area contributed by atoms with E-state index in [4.69, 9.17) is 0 Å². The molecular formula is C15H24N2. The van der Waals surface area contributed by atoms with Crippen LogP contribution in [0.4, 0.5) is 11.4 Å². The summed E-state index contributed by atoms with van der Waals surface area (Å²) in [5.41, 5.74) is 2.31. The lowest BCUT2D eigenvalue weighted by atomic mass is 10.0. The maximum Gasteiger partial charge on any atom is 0.0606 e. The zero-order chi connectivity index (χ0) is 13.1. The Morgan fingerprint density at radius 3 is 2.41 bits per heavy atom. The van der Waals surface area contributed by atoms with Crippen LogP contribution in [0.1, 0.15) is 27.7 Å². The number of hydrogen-bond donors (Lipinski definition) is 1. The van der Waals surface area contributed by atoms with Crippen molar-refractivity contribution in [2.45, 2.75) is 39.3 Å². The second-order valence-electron chi connectivity index (χ2n) is 5.23. The molecule has 0 amide bonds. The van der Waals surface area contributed by atoms with Crippen molar-refractivity contribution < 1.29 is 0 Å². The number of hydrogen-bond acceptors (Lipinski definition) is 2. The van der Waals surface area contributed by atoms with Gasteiger partial charge in [-0.25, -0.2) is 0 Å². The average molecular weight is 232 g/mol. The standard InChI is InChI=1S/C15H24N2/c1-7-15(4,5)17(6)14-11-9-8-10-13(14)16-12(2)3/h7-12,16H,1H2,2-6H3. The van der Waals surface area contributed by atoms with Gasteiger partial charge in [0, 0.05) is 13.1 Å². The highest BCUT2D eigenvalue weighted by Crippen LogP contribution is 2.30. The predicted octanol–water partition coefficient (Wildman–Crippen LogP) is 3.91. The SMILES string of the molecule is C=CC(C)(C)N(C)c1ccccc1NC(C)C. The van der Waals surface area contributed by atoms with E-state index < -0.39 is 0 Å². The molecule has 0 heterocycles. The maximum absolute atomic E-state index is 3.91. The van der Waals surface area contributed by atoms with Crippen molar-refractivity contribution in [1.82, 2.24) is 0 Å². The van der Waals surface area contributed by atoms with Gasteiger partial charge in [-0.3, -0.25) is 0 Å². The molecule has 0 atom stereocenters. The average Bonchev–Trinajstić information content (AvgIpc) is 2.28. The number of nitrogens with one attached hydrogen (secondary N) is 1. The second-order valence-corrected chi connectivity index (χ2v) is 5.23. The van der Waals surface area contributed by atoms with Gasteiger partial charge in [0.2, 0.25) is 0 Å². The van der Waals surface area contributed by atoms with Crippen LogP contribution in [0.25, 0.3) is 0 Å². The molecule has 0 spiro atoms. The first kappa shape index (κ1) is 13.6. The van der Waals surface area contributed by atoms with Crippen LogP contribution in [-0.2, 0) is 0 Å². The summed E-state index contributed by atoms with van der Waals surface area (Å²) in [4.78, 5) is 2.24. The van der Waals surface area contributed by atoms with Gasteiger partial charge >= 0.3 is 0 Å². The molecule has 2 heteroatoms. The Hall–Kier alpha value is -1.44. The molecule has 0 aromatic heterocycles. The van der Waals surface area contributed by atoms with Gasteiger partial charge in [0.25, 0.3) is 0 Å². The van der Waals surface area contributed by atoms with Crippen molar-refractivity contribution in [2.24, 2.45) is 0 Å². The molecule has 0 bridgehead atoms. The van der Waals surface area contributed by atoms with Gasteiger partial charge < -0.3 is 10.2 Å². The van der Waals surface area contributed by atoms with Crippen molar-refractivity contribution in [3.63, 3.8) is 0 Å². The Labute approximate surface area is 105 Å². The van der Waals surface area contributed by atoms with Gasteiger partial charge in [0.15, 0.2) is 0 Å². The fourth-order valence-corrected chi connectivity index (χ4v) is 1.65. The molecule has 0 saturated heterocycles. The van der Waals surface area contributed by atoms with Crippen LogP contribution in [-0.4, -0.2) is 18.6 Å². The molecule has 1 aromatic rings. The lowest BCUT2D eigenvalue weighted by Crippen LogP contribution is -2.39. The largest absolute Gasteiger partial charge is 0.381 e. The van der Waals surface area contributed by atoms with Crippen molar-refractivity contribution >= 4 is 11.4 Å². The summed E-state index contributed by atoms with van der Waals surface area (Å²) < 4.78 is 0. The number of benzene rings is 1. The molecule has 17 heavy (non-hydrogen) atoms. The molecular weight excluding hydrogens is 208 g/mol. The lowest BCUT2D eigenvalue weighted by molar-refractivity contribution is 0.604. The molecule has 0 fully saturated rings. The molecule has 94 valence electrons. The van der Waals surface area contributed by atoms with Gasteiger partial charge in [-0.2, -0.15) is 0 Å². The quantitative estimate of drug-likeness (QED) is 0.774. The van der Waals surface area contributed by atoms with E-state index in [1.807, 2.05) is 6.08 Å². The summed E-state index contributed by atoms with van der Waals surface area (Å²) in [7, 11) is 2.10. The molecule has 0 radical (unpaired) electrons. The van der Waals surface area contributed by atoms with Crippen LogP contribution in [0.15, 0.2) is 36.9 Å². The van der Waals surface area contributed by atoms with E-state index in [9.17, 15) is 0 Å². The smallest absolute Gasteiger partial charge is 0.0606 e. The van der Waals surface area contributed by atoms with Gasteiger partial charge in [0.05, 0.1) is 16.9 Å². The topological polar surface area (TPSA) is 15.3 Å². The number of likely N-dealkylation sites (N-methyl/N-ethyl adjacent to an activating group) is 1. The minimum Gasteiger partial charge on any atom is -0.381 e. The molecule has 0 aliphatic heterocycles. The summed E-state index contributed by atoms with van der Waals surface area (Å²) in [6, 6.07) is 8.80. The summed E-state index contributed by atoms with van der Waals surface area (Å²) in [6.07, 6.45) is 1.97. The van der Waals surface area contributed by atoms with Gasteiger partial charge in [-0.15, -0.1) is 6.58 Å². The van der Waals surface area contributed by atoms with Crippen LogP contribution in [0.3, 0.4) is 0 Å². The zero-order valence-corrected chi connectivity index (χ0v) is 11.6. The van der Waals surface area contributed by atoms with Gasteiger partial charge in [-0.1, -0.05) is 18.2 Å². The molecule has 0 saturated carbocycles. The van der Waals surface area contributed by atoms with Crippen LogP contribution in [0.2, 0.25) is 0 Å². The van der Waals surface area contributed by atoms with E-state index in [0.717, 1.165) is 0 Å².